The van der Waals surface area contributed by atoms with Crippen molar-refractivity contribution in [2.24, 2.45) is 0 Å². The van der Waals surface area contributed by atoms with Crippen molar-refractivity contribution in [3.63, 3.8) is 0 Å². The number of fused-ring (bicyclic) bond motifs is 2. The third-order valence-electron chi connectivity index (χ3n) is 4.06. The molecule has 0 aliphatic heterocycles. The summed E-state index contributed by atoms with van der Waals surface area (Å²) < 4.78 is 12.3. The van der Waals surface area contributed by atoms with Crippen LogP contribution in [0, 0.1) is 6.92 Å². The average Bonchev–Trinajstić information content (AvgIpc) is 2.58. The molecule has 3 aromatic carbocycles. The van der Waals surface area contributed by atoms with Crippen molar-refractivity contribution >= 4 is 21.5 Å². The Morgan fingerprint density at radius 2 is 1.26 bits per heavy atom. The summed E-state index contributed by atoms with van der Waals surface area (Å²) in [7, 11) is 0. The van der Waals surface area contributed by atoms with Crippen molar-refractivity contribution < 1.29 is 9.47 Å². The molecule has 3 rings (SSSR count). The zero-order valence-electron chi connectivity index (χ0n) is 14.2. The Morgan fingerprint density at radius 1 is 0.696 bits per heavy atom. The number of ether oxygens (including phenoxy) is 2. The molecule has 0 heterocycles. The summed E-state index contributed by atoms with van der Waals surface area (Å²) in [5.41, 5.74) is 1.22. The van der Waals surface area contributed by atoms with Gasteiger partial charge in [0.25, 0.3) is 0 Å². The summed E-state index contributed by atoms with van der Waals surface area (Å²) in [6, 6.07) is 14.8. The average molecular weight is 308 g/mol. The molecule has 0 spiro atoms. The molecule has 0 radical (unpaired) electrons. The molecule has 23 heavy (non-hydrogen) atoms. The van der Waals surface area contributed by atoms with E-state index in [1.54, 1.807) is 0 Å². The van der Waals surface area contributed by atoms with E-state index in [2.05, 4.69) is 63.2 Å². The third kappa shape index (κ3) is 2.86. The molecular formula is C21H24O2. The predicted molar refractivity (Wildman–Crippen MR) is 97.8 cm³/mol. The maximum atomic E-state index is 6.17. The minimum atomic E-state index is 0.724. The van der Waals surface area contributed by atoms with E-state index in [9.17, 15) is 0 Å². The van der Waals surface area contributed by atoms with Crippen LogP contribution >= 0.6 is 0 Å². The molecule has 0 fully saturated rings. The molecule has 0 N–H and O–H groups in total. The lowest BCUT2D eigenvalue weighted by Crippen LogP contribution is -2.01. The Kier molecular flexibility index (Phi) is 4.71. The quantitative estimate of drug-likeness (QED) is 0.529. The standard InChI is InChI=1S/C21H24O2/c1-4-13-22-20-16-10-6-7-11-17(16)21(23-14-5-2)19-15(3)9-8-12-18(19)20/h6-12H,4-5,13-14H2,1-3H3. The van der Waals surface area contributed by atoms with Crippen molar-refractivity contribution in [1.29, 1.82) is 0 Å². The Balaban J connectivity index is 2.38. The Morgan fingerprint density at radius 3 is 1.91 bits per heavy atom. The molecular weight excluding hydrogens is 284 g/mol. The van der Waals surface area contributed by atoms with E-state index in [0.717, 1.165) is 53.7 Å². The summed E-state index contributed by atoms with van der Waals surface area (Å²) >= 11 is 0. The molecule has 0 atom stereocenters. The van der Waals surface area contributed by atoms with Crippen LogP contribution in [0.2, 0.25) is 0 Å². The van der Waals surface area contributed by atoms with Crippen LogP contribution in [0.1, 0.15) is 32.3 Å². The van der Waals surface area contributed by atoms with Gasteiger partial charge in [-0.15, -0.1) is 0 Å². The van der Waals surface area contributed by atoms with Gasteiger partial charge in [0.15, 0.2) is 0 Å². The highest BCUT2D eigenvalue weighted by Crippen LogP contribution is 2.44. The van der Waals surface area contributed by atoms with Gasteiger partial charge in [0, 0.05) is 21.5 Å². The molecule has 0 aliphatic carbocycles. The number of hydrogen-bond donors (Lipinski definition) is 0. The van der Waals surface area contributed by atoms with E-state index in [0.29, 0.717) is 0 Å². The fraction of sp³-hybridized carbons (Fsp3) is 0.333. The molecule has 0 saturated heterocycles. The van der Waals surface area contributed by atoms with Gasteiger partial charge in [-0.1, -0.05) is 56.3 Å². The van der Waals surface area contributed by atoms with Crippen LogP contribution in [-0.2, 0) is 0 Å². The zero-order valence-corrected chi connectivity index (χ0v) is 14.2. The number of aryl methyl sites for hydroxylation is 1. The summed E-state index contributed by atoms with van der Waals surface area (Å²) in [6.07, 6.45) is 1.99. The number of hydrogen-bond acceptors (Lipinski definition) is 2. The molecule has 0 amide bonds. The van der Waals surface area contributed by atoms with Gasteiger partial charge in [-0.3, -0.25) is 0 Å². The maximum absolute atomic E-state index is 6.17. The van der Waals surface area contributed by atoms with Crippen LogP contribution in [0.15, 0.2) is 42.5 Å². The Bertz CT molecular complexity index is 821. The second-order valence-corrected chi connectivity index (χ2v) is 5.90. The molecule has 0 saturated carbocycles. The van der Waals surface area contributed by atoms with E-state index in [4.69, 9.17) is 9.47 Å². The molecule has 0 bridgehead atoms. The minimum Gasteiger partial charge on any atom is -0.492 e. The van der Waals surface area contributed by atoms with Gasteiger partial charge < -0.3 is 9.47 Å². The van der Waals surface area contributed by atoms with E-state index in [-0.39, 0.29) is 0 Å². The van der Waals surface area contributed by atoms with E-state index >= 15 is 0 Å². The molecule has 2 nitrogen and oxygen atoms in total. The van der Waals surface area contributed by atoms with Crippen LogP contribution in [0.3, 0.4) is 0 Å². The van der Waals surface area contributed by atoms with Gasteiger partial charge in [0.05, 0.1) is 13.2 Å². The summed E-state index contributed by atoms with van der Waals surface area (Å²) in [6.45, 7) is 7.86. The normalized spacial score (nSPS) is 11.1. The highest BCUT2D eigenvalue weighted by atomic mass is 16.5. The van der Waals surface area contributed by atoms with Crippen molar-refractivity contribution in [3.05, 3.63) is 48.0 Å². The van der Waals surface area contributed by atoms with E-state index in [1.165, 1.54) is 10.9 Å². The summed E-state index contributed by atoms with van der Waals surface area (Å²) in [5.74, 6) is 1.96. The fourth-order valence-electron chi connectivity index (χ4n) is 3.03. The van der Waals surface area contributed by atoms with Crippen LogP contribution in [0.25, 0.3) is 21.5 Å². The molecule has 2 heteroatoms. The maximum Gasteiger partial charge on any atom is 0.135 e. The smallest absolute Gasteiger partial charge is 0.135 e. The van der Waals surface area contributed by atoms with Crippen molar-refractivity contribution in [2.75, 3.05) is 13.2 Å². The lowest BCUT2D eigenvalue weighted by molar-refractivity contribution is 0.319. The largest absolute Gasteiger partial charge is 0.492 e. The molecule has 120 valence electrons. The number of rotatable bonds is 6. The van der Waals surface area contributed by atoms with Gasteiger partial charge in [-0.2, -0.15) is 0 Å². The second kappa shape index (κ2) is 6.91. The van der Waals surface area contributed by atoms with Crippen molar-refractivity contribution in [3.8, 4) is 11.5 Å². The first-order valence-corrected chi connectivity index (χ1v) is 8.47. The molecule has 0 aliphatic rings. The van der Waals surface area contributed by atoms with Crippen molar-refractivity contribution in [1.82, 2.24) is 0 Å². The molecule has 0 aromatic heterocycles. The Hall–Kier alpha value is -2.22. The van der Waals surface area contributed by atoms with Crippen LogP contribution < -0.4 is 9.47 Å². The summed E-state index contributed by atoms with van der Waals surface area (Å²) in [5, 5.41) is 4.58. The highest BCUT2D eigenvalue weighted by molar-refractivity contribution is 6.12. The predicted octanol–water partition coefficient (Wildman–Crippen LogP) is 5.88. The lowest BCUT2D eigenvalue weighted by Gasteiger charge is -2.18. The highest BCUT2D eigenvalue weighted by Gasteiger charge is 2.17. The molecule has 3 aromatic rings. The van der Waals surface area contributed by atoms with E-state index in [1.807, 2.05) is 0 Å². The Labute approximate surface area is 138 Å². The van der Waals surface area contributed by atoms with Gasteiger partial charge in [0.1, 0.15) is 11.5 Å². The third-order valence-corrected chi connectivity index (χ3v) is 4.06. The molecule has 0 unspecified atom stereocenters. The minimum absolute atomic E-state index is 0.724. The zero-order chi connectivity index (χ0) is 16.2. The lowest BCUT2D eigenvalue weighted by atomic mass is 9.97. The fourth-order valence-corrected chi connectivity index (χ4v) is 3.03. The topological polar surface area (TPSA) is 18.5 Å². The monoisotopic (exact) mass is 308 g/mol. The van der Waals surface area contributed by atoms with Gasteiger partial charge in [-0.05, 0) is 25.3 Å². The van der Waals surface area contributed by atoms with E-state index < -0.39 is 0 Å². The van der Waals surface area contributed by atoms with Gasteiger partial charge in [0.2, 0.25) is 0 Å². The first-order chi connectivity index (χ1) is 11.3. The SMILES string of the molecule is CCCOc1c2ccccc2c(OCCC)c2c(C)cccc12. The van der Waals surface area contributed by atoms with Crippen LogP contribution in [-0.4, -0.2) is 13.2 Å². The van der Waals surface area contributed by atoms with Gasteiger partial charge in [-0.25, -0.2) is 0 Å². The first kappa shape index (κ1) is 15.7. The van der Waals surface area contributed by atoms with Crippen LogP contribution in [0.4, 0.5) is 0 Å². The van der Waals surface area contributed by atoms with Crippen molar-refractivity contribution in [2.45, 2.75) is 33.6 Å². The first-order valence-electron chi connectivity index (χ1n) is 8.47. The van der Waals surface area contributed by atoms with Gasteiger partial charge >= 0.3 is 0 Å². The summed E-state index contributed by atoms with van der Waals surface area (Å²) in [4.78, 5) is 0. The van der Waals surface area contributed by atoms with Crippen LogP contribution in [0.5, 0.6) is 11.5 Å². The number of benzene rings is 3. The second-order valence-electron chi connectivity index (χ2n) is 5.90.